The Kier molecular flexibility index (Phi) is 4.20. The lowest BCUT2D eigenvalue weighted by atomic mass is 10.5. The molecule has 0 saturated carbocycles. The van der Waals surface area contributed by atoms with Crippen LogP contribution < -0.4 is 0 Å². The van der Waals surface area contributed by atoms with Crippen molar-refractivity contribution in [3.05, 3.63) is 0 Å². The van der Waals surface area contributed by atoms with E-state index in [4.69, 9.17) is 4.74 Å². The fraction of sp³-hybridized carbons (Fsp3) is 1.00. The zero-order valence-electron chi connectivity index (χ0n) is 9.69. The SMILES string of the molecule is C[SiH](C)COC(C)(C)[Si](C)(C)C. The molecule has 0 rings (SSSR count). The van der Waals surface area contributed by atoms with Crippen molar-refractivity contribution >= 4 is 16.9 Å². The summed E-state index contributed by atoms with van der Waals surface area (Å²) in [6, 6.07) is 0. The zero-order valence-corrected chi connectivity index (χ0v) is 11.8. The van der Waals surface area contributed by atoms with Gasteiger partial charge in [0.15, 0.2) is 0 Å². The molecule has 0 atom stereocenters. The molecule has 0 fully saturated rings. The first-order valence-corrected chi connectivity index (χ1v) is 11.4. The van der Waals surface area contributed by atoms with Crippen LogP contribution in [0.4, 0.5) is 0 Å². The maximum absolute atomic E-state index is 5.98. The van der Waals surface area contributed by atoms with Crippen LogP contribution >= 0.6 is 0 Å². The van der Waals surface area contributed by atoms with E-state index in [2.05, 4.69) is 46.6 Å². The topological polar surface area (TPSA) is 9.23 Å². The molecule has 0 spiro atoms. The van der Waals surface area contributed by atoms with Gasteiger partial charge in [-0.2, -0.15) is 0 Å². The number of ether oxygens (including phenoxy) is 1. The molecular formula is C9H24OSi2. The normalized spacial score (nSPS) is 14.0. The van der Waals surface area contributed by atoms with Crippen LogP contribution in [0.5, 0.6) is 0 Å². The summed E-state index contributed by atoms with van der Waals surface area (Å²) >= 11 is 0. The maximum Gasteiger partial charge on any atom is 0.0816 e. The number of rotatable bonds is 4. The van der Waals surface area contributed by atoms with E-state index >= 15 is 0 Å². The maximum atomic E-state index is 5.98. The fourth-order valence-electron chi connectivity index (χ4n) is 0.592. The van der Waals surface area contributed by atoms with Gasteiger partial charge in [0, 0.05) is 6.23 Å². The summed E-state index contributed by atoms with van der Waals surface area (Å²) in [6.45, 7) is 16.3. The van der Waals surface area contributed by atoms with E-state index in [1.54, 1.807) is 0 Å². The van der Waals surface area contributed by atoms with Crippen molar-refractivity contribution in [1.29, 1.82) is 0 Å². The van der Waals surface area contributed by atoms with E-state index in [0.29, 0.717) is 0 Å². The predicted molar refractivity (Wildman–Crippen MR) is 62.3 cm³/mol. The molecule has 0 N–H and O–H groups in total. The van der Waals surface area contributed by atoms with Gasteiger partial charge in [-0.15, -0.1) is 0 Å². The van der Waals surface area contributed by atoms with Gasteiger partial charge in [0.25, 0.3) is 0 Å². The minimum atomic E-state index is -1.15. The molecule has 0 amide bonds. The van der Waals surface area contributed by atoms with E-state index in [0.717, 1.165) is 6.23 Å². The summed E-state index contributed by atoms with van der Waals surface area (Å²) < 4.78 is 5.98. The molecule has 0 bridgehead atoms. The van der Waals surface area contributed by atoms with Crippen molar-refractivity contribution in [1.82, 2.24) is 0 Å². The zero-order chi connectivity index (χ0) is 9.99. The molecule has 1 nitrogen and oxygen atoms in total. The summed E-state index contributed by atoms with van der Waals surface area (Å²) in [5, 5.41) is 0.143. The van der Waals surface area contributed by atoms with Crippen molar-refractivity contribution in [3.63, 3.8) is 0 Å². The van der Waals surface area contributed by atoms with Gasteiger partial charge < -0.3 is 4.74 Å². The van der Waals surface area contributed by atoms with Crippen molar-refractivity contribution in [2.24, 2.45) is 0 Å². The van der Waals surface area contributed by atoms with E-state index in [9.17, 15) is 0 Å². The molecule has 0 aliphatic rings. The summed E-state index contributed by atoms with van der Waals surface area (Å²) in [6.07, 6.45) is 1.03. The molecular weight excluding hydrogens is 180 g/mol. The Morgan fingerprint density at radius 1 is 1.17 bits per heavy atom. The Balaban J connectivity index is 4.05. The van der Waals surface area contributed by atoms with Crippen molar-refractivity contribution in [2.75, 3.05) is 6.23 Å². The molecule has 0 radical (unpaired) electrons. The Hall–Kier alpha value is 0.394. The highest BCUT2D eigenvalue weighted by Gasteiger charge is 2.35. The molecule has 12 heavy (non-hydrogen) atoms. The molecule has 0 aromatic carbocycles. The molecule has 0 saturated heterocycles. The van der Waals surface area contributed by atoms with Crippen LogP contribution in [-0.4, -0.2) is 28.3 Å². The molecule has 0 heterocycles. The first-order valence-electron chi connectivity index (χ1n) is 4.81. The van der Waals surface area contributed by atoms with Gasteiger partial charge in [-0.25, -0.2) is 0 Å². The Labute approximate surface area is 80.1 Å². The number of hydrogen-bond acceptors (Lipinski definition) is 1. The molecule has 0 aliphatic heterocycles. The predicted octanol–water partition coefficient (Wildman–Crippen LogP) is 2.68. The molecule has 0 aromatic heterocycles. The second-order valence-corrected chi connectivity index (χ2v) is 14.3. The van der Waals surface area contributed by atoms with Crippen LogP contribution in [0.25, 0.3) is 0 Å². The van der Waals surface area contributed by atoms with Crippen molar-refractivity contribution in [3.8, 4) is 0 Å². The van der Waals surface area contributed by atoms with Gasteiger partial charge in [0.2, 0.25) is 0 Å². The molecule has 0 aliphatic carbocycles. The first-order chi connectivity index (χ1) is 5.17. The fourth-order valence-corrected chi connectivity index (χ4v) is 2.02. The lowest BCUT2D eigenvalue weighted by molar-refractivity contribution is 0.0673. The lowest BCUT2D eigenvalue weighted by Crippen LogP contribution is -2.50. The van der Waals surface area contributed by atoms with Crippen LogP contribution in [0.1, 0.15) is 13.8 Å². The third kappa shape index (κ3) is 3.87. The van der Waals surface area contributed by atoms with Gasteiger partial charge in [-0.3, -0.25) is 0 Å². The van der Waals surface area contributed by atoms with E-state index in [1.807, 2.05) is 0 Å². The highest BCUT2D eigenvalue weighted by molar-refractivity contribution is 6.78. The van der Waals surface area contributed by atoms with Crippen LogP contribution in [0.3, 0.4) is 0 Å². The Morgan fingerprint density at radius 3 is 1.83 bits per heavy atom. The van der Waals surface area contributed by atoms with Crippen LogP contribution in [0.2, 0.25) is 32.7 Å². The lowest BCUT2D eigenvalue weighted by Gasteiger charge is -2.37. The van der Waals surface area contributed by atoms with Crippen LogP contribution in [-0.2, 0) is 4.74 Å². The monoisotopic (exact) mass is 204 g/mol. The van der Waals surface area contributed by atoms with Crippen molar-refractivity contribution in [2.45, 2.75) is 51.8 Å². The molecule has 0 unspecified atom stereocenters. The van der Waals surface area contributed by atoms with Crippen molar-refractivity contribution < 1.29 is 4.74 Å². The summed E-state index contributed by atoms with van der Waals surface area (Å²) in [4.78, 5) is 0. The third-order valence-electron chi connectivity index (χ3n) is 2.58. The first kappa shape index (κ1) is 12.4. The smallest absolute Gasteiger partial charge is 0.0816 e. The second kappa shape index (κ2) is 4.07. The quantitative estimate of drug-likeness (QED) is 0.640. The van der Waals surface area contributed by atoms with Gasteiger partial charge in [0.1, 0.15) is 0 Å². The minimum absolute atomic E-state index is 0.143. The Morgan fingerprint density at radius 2 is 1.58 bits per heavy atom. The molecule has 74 valence electrons. The van der Waals surface area contributed by atoms with Gasteiger partial charge >= 0.3 is 0 Å². The van der Waals surface area contributed by atoms with Crippen LogP contribution in [0.15, 0.2) is 0 Å². The summed E-state index contributed by atoms with van der Waals surface area (Å²) in [7, 11) is -1.69. The van der Waals surface area contributed by atoms with E-state index in [-0.39, 0.29) is 5.22 Å². The Bertz CT molecular complexity index is 136. The average molecular weight is 204 g/mol. The summed E-state index contributed by atoms with van der Waals surface area (Å²) in [5.41, 5.74) is 0. The average Bonchev–Trinajstić information content (AvgIpc) is 1.81. The van der Waals surface area contributed by atoms with Gasteiger partial charge in [0.05, 0.1) is 22.1 Å². The summed E-state index contributed by atoms with van der Waals surface area (Å²) in [5.74, 6) is 0. The van der Waals surface area contributed by atoms with Gasteiger partial charge in [-0.1, -0.05) is 32.7 Å². The number of hydrogen-bond donors (Lipinski definition) is 0. The highest BCUT2D eigenvalue weighted by Crippen LogP contribution is 2.23. The third-order valence-corrected chi connectivity index (χ3v) is 7.17. The van der Waals surface area contributed by atoms with E-state index in [1.165, 1.54) is 0 Å². The second-order valence-electron chi connectivity index (χ2n) is 5.47. The molecule has 0 aromatic rings. The molecule has 3 heteroatoms. The highest BCUT2D eigenvalue weighted by atomic mass is 28.3. The van der Waals surface area contributed by atoms with Crippen LogP contribution in [0, 0.1) is 0 Å². The van der Waals surface area contributed by atoms with E-state index < -0.39 is 16.9 Å². The van der Waals surface area contributed by atoms with Gasteiger partial charge in [-0.05, 0) is 13.8 Å². The minimum Gasteiger partial charge on any atom is -0.383 e. The largest absolute Gasteiger partial charge is 0.383 e. The standard InChI is InChI=1S/C9H24OSi2/c1-9(2,12(5,6)7)10-8-11(3)4/h11H,8H2,1-7H3.